The van der Waals surface area contributed by atoms with E-state index in [1.807, 2.05) is 0 Å². The maximum atomic E-state index is 3.32. The van der Waals surface area contributed by atoms with Crippen molar-refractivity contribution in [3.8, 4) is 0 Å². The van der Waals surface area contributed by atoms with Gasteiger partial charge in [-0.25, -0.2) is 0 Å². The van der Waals surface area contributed by atoms with Gasteiger partial charge < -0.3 is 5.32 Å². The normalized spacial score (nSPS) is 30.7. The summed E-state index contributed by atoms with van der Waals surface area (Å²) in [6.07, 6.45) is 8.71. The van der Waals surface area contributed by atoms with Crippen molar-refractivity contribution in [3.05, 3.63) is 12.2 Å². The van der Waals surface area contributed by atoms with Crippen molar-refractivity contribution in [2.24, 2.45) is 0 Å². The molecule has 0 spiro atoms. The third-order valence-corrected chi connectivity index (χ3v) is 3.09. The van der Waals surface area contributed by atoms with Gasteiger partial charge in [-0.3, -0.25) is 4.90 Å². The summed E-state index contributed by atoms with van der Waals surface area (Å²) in [7, 11) is 2.26. The van der Waals surface area contributed by atoms with E-state index >= 15 is 0 Å². The maximum Gasteiger partial charge on any atom is 0.0348 e. The lowest BCUT2D eigenvalue weighted by Crippen LogP contribution is -2.58. The summed E-state index contributed by atoms with van der Waals surface area (Å²) in [6, 6.07) is 1.50. The van der Waals surface area contributed by atoms with Gasteiger partial charge >= 0.3 is 0 Å². The first-order valence-corrected chi connectivity index (χ1v) is 4.97. The Morgan fingerprint density at radius 2 is 2.25 bits per heavy atom. The first-order chi connectivity index (χ1) is 5.88. The van der Waals surface area contributed by atoms with Crippen LogP contribution in [0.15, 0.2) is 12.2 Å². The van der Waals surface area contributed by atoms with Crippen LogP contribution in [0, 0.1) is 0 Å². The predicted molar refractivity (Wildman–Crippen MR) is 51.2 cm³/mol. The maximum absolute atomic E-state index is 3.32. The van der Waals surface area contributed by atoms with Crippen LogP contribution in [0.5, 0.6) is 0 Å². The van der Waals surface area contributed by atoms with E-state index in [0.29, 0.717) is 6.04 Å². The molecular weight excluding hydrogens is 148 g/mol. The van der Waals surface area contributed by atoms with E-state index in [2.05, 4.69) is 29.4 Å². The second kappa shape index (κ2) is 3.58. The molecule has 1 unspecified atom stereocenters. The number of hydrogen-bond acceptors (Lipinski definition) is 2. The van der Waals surface area contributed by atoms with Crippen molar-refractivity contribution < 1.29 is 0 Å². The molecule has 1 fully saturated rings. The third-order valence-electron chi connectivity index (χ3n) is 3.09. The zero-order valence-electron chi connectivity index (χ0n) is 7.79. The highest BCUT2D eigenvalue weighted by Crippen LogP contribution is 2.18. The quantitative estimate of drug-likeness (QED) is 0.616. The van der Waals surface area contributed by atoms with Crippen LogP contribution in [0.3, 0.4) is 0 Å². The molecule has 0 amide bonds. The molecule has 1 atom stereocenters. The Morgan fingerprint density at radius 3 is 2.75 bits per heavy atom. The van der Waals surface area contributed by atoms with Crippen LogP contribution in [-0.2, 0) is 0 Å². The first-order valence-electron chi connectivity index (χ1n) is 4.97. The van der Waals surface area contributed by atoms with Gasteiger partial charge in [-0.05, 0) is 26.3 Å². The molecule has 2 heteroatoms. The average Bonchev–Trinajstić information content (AvgIpc) is 2.03. The Bertz CT molecular complexity index is 173. The molecule has 2 rings (SSSR count). The molecule has 0 radical (unpaired) electrons. The number of allylic oxidation sites excluding steroid dienone is 1. The van der Waals surface area contributed by atoms with Crippen molar-refractivity contribution in [2.45, 2.75) is 31.3 Å². The molecule has 0 aromatic rings. The topological polar surface area (TPSA) is 15.3 Å². The monoisotopic (exact) mass is 166 g/mol. The molecule has 2 nitrogen and oxygen atoms in total. The van der Waals surface area contributed by atoms with Crippen molar-refractivity contribution in [2.75, 3.05) is 20.1 Å². The number of likely N-dealkylation sites (N-methyl/N-ethyl adjacent to an activating group) is 1. The van der Waals surface area contributed by atoms with Crippen molar-refractivity contribution in [1.29, 1.82) is 0 Å². The third kappa shape index (κ3) is 1.54. The van der Waals surface area contributed by atoms with Crippen LogP contribution in [-0.4, -0.2) is 37.1 Å². The smallest absolute Gasteiger partial charge is 0.0348 e. The highest BCUT2D eigenvalue weighted by Gasteiger charge is 2.26. The Kier molecular flexibility index (Phi) is 2.47. The minimum Gasteiger partial charge on any atom is -0.314 e. The van der Waals surface area contributed by atoms with E-state index < -0.39 is 0 Å². The number of nitrogens with one attached hydrogen (secondary N) is 1. The largest absolute Gasteiger partial charge is 0.314 e. The van der Waals surface area contributed by atoms with E-state index in [9.17, 15) is 0 Å². The van der Waals surface area contributed by atoms with Crippen LogP contribution < -0.4 is 5.32 Å². The fourth-order valence-corrected chi connectivity index (χ4v) is 1.97. The zero-order valence-corrected chi connectivity index (χ0v) is 7.79. The summed E-state index contributed by atoms with van der Waals surface area (Å²) < 4.78 is 0. The van der Waals surface area contributed by atoms with Crippen LogP contribution in [0.25, 0.3) is 0 Å². The van der Waals surface area contributed by atoms with Crippen molar-refractivity contribution in [1.82, 2.24) is 10.2 Å². The summed E-state index contributed by atoms with van der Waals surface area (Å²) in [5.41, 5.74) is 0. The minimum absolute atomic E-state index is 0.714. The fourth-order valence-electron chi connectivity index (χ4n) is 1.97. The lowest BCUT2D eigenvalue weighted by Gasteiger charge is -2.40. The fraction of sp³-hybridized carbons (Fsp3) is 0.800. The van der Waals surface area contributed by atoms with Gasteiger partial charge in [0, 0.05) is 25.2 Å². The molecule has 1 aliphatic carbocycles. The van der Waals surface area contributed by atoms with E-state index in [-0.39, 0.29) is 0 Å². The summed E-state index contributed by atoms with van der Waals surface area (Å²) >= 11 is 0. The second-order valence-corrected chi connectivity index (χ2v) is 3.90. The number of hydrogen-bond donors (Lipinski definition) is 1. The molecule has 2 aliphatic rings. The van der Waals surface area contributed by atoms with Crippen molar-refractivity contribution in [3.63, 3.8) is 0 Å². The SMILES string of the molecule is CN(C1C=CCCC1)C1CNC1. The molecular formula is C10H18N2. The molecule has 1 saturated heterocycles. The Labute approximate surface area is 74.6 Å². The predicted octanol–water partition coefficient (Wildman–Crippen LogP) is 0.999. The Hall–Kier alpha value is -0.340. The first kappa shape index (κ1) is 8.27. The van der Waals surface area contributed by atoms with Crippen LogP contribution in [0.2, 0.25) is 0 Å². The summed E-state index contributed by atoms with van der Waals surface area (Å²) in [6.45, 7) is 2.36. The highest BCUT2D eigenvalue weighted by atomic mass is 15.2. The van der Waals surface area contributed by atoms with Crippen LogP contribution >= 0.6 is 0 Å². The highest BCUT2D eigenvalue weighted by molar-refractivity contribution is 5.00. The van der Waals surface area contributed by atoms with E-state index in [4.69, 9.17) is 0 Å². The van der Waals surface area contributed by atoms with Gasteiger partial charge in [-0.15, -0.1) is 0 Å². The van der Waals surface area contributed by atoms with Crippen molar-refractivity contribution >= 4 is 0 Å². The summed E-state index contributed by atoms with van der Waals surface area (Å²) in [5.74, 6) is 0. The molecule has 1 N–H and O–H groups in total. The van der Waals surface area contributed by atoms with Crippen LogP contribution in [0.4, 0.5) is 0 Å². The molecule has 1 aliphatic heterocycles. The van der Waals surface area contributed by atoms with Gasteiger partial charge in [0.1, 0.15) is 0 Å². The van der Waals surface area contributed by atoms with Gasteiger partial charge in [0.25, 0.3) is 0 Å². The lowest BCUT2D eigenvalue weighted by atomic mass is 9.99. The van der Waals surface area contributed by atoms with E-state index in [1.54, 1.807) is 0 Å². The number of nitrogens with zero attached hydrogens (tertiary/aromatic N) is 1. The average molecular weight is 166 g/mol. The zero-order chi connectivity index (χ0) is 8.39. The second-order valence-electron chi connectivity index (χ2n) is 3.90. The summed E-state index contributed by atoms with van der Waals surface area (Å²) in [5, 5.41) is 3.32. The van der Waals surface area contributed by atoms with Crippen LogP contribution in [0.1, 0.15) is 19.3 Å². The Balaban J connectivity index is 1.88. The molecule has 1 heterocycles. The van der Waals surface area contributed by atoms with Gasteiger partial charge in [0.2, 0.25) is 0 Å². The molecule has 68 valence electrons. The van der Waals surface area contributed by atoms with Gasteiger partial charge in [-0.1, -0.05) is 12.2 Å². The standard InChI is InChI=1S/C10H18N2/c1-12(10-7-11-8-10)9-5-3-2-4-6-9/h3,5,9-11H,2,4,6-8H2,1H3. The van der Waals surface area contributed by atoms with Gasteiger partial charge in [-0.2, -0.15) is 0 Å². The Morgan fingerprint density at radius 1 is 1.42 bits per heavy atom. The van der Waals surface area contributed by atoms with Gasteiger partial charge in [0.05, 0.1) is 0 Å². The molecule has 0 bridgehead atoms. The van der Waals surface area contributed by atoms with E-state index in [0.717, 1.165) is 6.04 Å². The van der Waals surface area contributed by atoms with E-state index in [1.165, 1.54) is 32.4 Å². The lowest BCUT2D eigenvalue weighted by molar-refractivity contribution is 0.141. The molecule has 0 aromatic carbocycles. The minimum atomic E-state index is 0.714. The van der Waals surface area contributed by atoms with Gasteiger partial charge in [0.15, 0.2) is 0 Å². The number of rotatable bonds is 2. The summed E-state index contributed by atoms with van der Waals surface area (Å²) in [4.78, 5) is 2.52. The molecule has 0 aromatic heterocycles. The molecule has 0 saturated carbocycles. The molecule has 12 heavy (non-hydrogen) atoms.